The van der Waals surface area contributed by atoms with Crippen LogP contribution in [-0.2, 0) is 11.8 Å². The van der Waals surface area contributed by atoms with Crippen LogP contribution in [0.5, 0.6) is 0 Å². The number of anilines is 3. The zero-order valence-corrected chi connectivity index (χ0v) is 11.2. The molecule has 3 amide bonds. The Morgan fingerprint density at radius 1 is 1.35 bits per heavy atom. The van der Waals surface area contributed by atoms with Crippen LogP contribution < -0.4 is 16.0 Å². The number of urea groups is 1. The number of nitrogens with one attached hydrogen (secondary N) is 1. The number of carbonyl (C=O) groups is 2. The summed E-state index contributed by atoms with van der Waals surface area (Å²) in [5.74, 6) is 0.0837. The molecule has 1 heterocycles. The summed E-state index contributed by atoms with van der Waals surface area (Å²) in [5, 5.41) is 6.55. The molecule has 0 unspecified atom stereocenters. The second-order valence-corrected chi connectivity index (χ2v) is 4.22. The number of amides is 3. The Morgan fingerprint density at radius 2 is 2.10 bits per heavy atom. The third-order valence-corrected chi connectivity index (χ3v) is 2.70. The molecule has 7 heteroatoms. The van der Waals surface area contributed by atoms with E-state index in [-0.39, 0.29) is 0 Å². The summed E-state index contributed by atoms with van der Waals surface area (Å²) >= 11 is 0. The molecule has 2 rings (SSSR count). The fourth-order valence-corrected chi connectivity index (χ4v) is 1.77. The Hall–Kier alpha value is -2.83. The first kappa shape index (κ1) is 13.6. The zero-order valence-electron chi connectivity index (χ0n) is 11.2. The van der Waals surface area contributed by atoms with Crippen molar-refractivity contribution < 1.29 is 9.59 Å². The maximum Gasteiger partial charge on any atom is 0.334 e. The van der Waals surface area contributed by atoms with Crippen LogP contribution in [0.4, 0.5) is 22.0 Å². The van der Waals surface area contributed by atoms with Gasteiger partial charge in [0.25, 0.3) is 0 Å². The zero-order chi connectivity index (χ0) is 14.7. The molecule has 0 aliphatic rings. The number of rotatable bonds is 2. The second kappa shape index (κ2) is 5.43. The van der Waals surface area contributed by atoms with Gasteiger partial charge in [-0.3, -0.25) is 14.8 Å². The Bertz CT molecular complexity index is 650. The normalized spacial score (nSPS) is 10.1. The van der Waals surface area contributed by atoms with Crippen molar-refractivity contribution >= 4 is 29.1 Å². The third-order valence-electron chi connectivity index (χ3n) is 2.70. The van der Waals surface area contributed by atoms with Gasteiger partial charge in [-0.1, -0.05) is 6.07 Å². The van der Waals surface area contributed by atoms with Gasteiger partial charge >= 0.3 is 6.03 Å². The molecular formula is C13H15N5O2. The highest BCUT2D eigenvalue weighted by Gasteiger charge is 2.21. The number of hydrogen-bond donors (Lipinski definition) is 2. The molecule has 0 fully saturated rings. The van der Waals surface area contributed by atoms with E-state index >= 15 is 0 Å². The van der Waals surface area contributed by atoms with Gasteiger partial charge in [0.05, 0.1) is 11.9 Å². The third kappa shape index (κ3) is 2.77. The van der Waals surface area contributed by atoms with E-state index in [1.165, 1.54) is 11.6 Å². The molecule has 3 N–H and O–H groups in total. The van der Waals surface area contributed by atoms with E-state index < -0.39 is 11.9 Å². The molecule has 0 bridgehead atoms. The smallest absolute Gasteiger partial charge is 0.334 e. The van der Waals surface area contributed by atoms with Crippen LogP contribution in [0.15, 0.2) is 36.5 Å². The average molecular weight is 273 g/mol. The second-order valence-electron chi connectivity index (χ2n) is 4.22. The number of imide groups is 1. The lowest BCUT2D eigenvalue weighted by atomic mass is 10.2. The molecule has 7 nitrogen and oxygen atoms in total. The molecule has 0 aliphatic heterocycles. The molecule has 0 radical (unpaired) electrons. The summed E-state index contributed by atoms with van der Waals surface area (Å²) < 4.78 is 1.50. The van der Waals surface area contributed by atoms with E-state index in [9.17, 15) is 9.59 Å². The highest BCUT2D eigenvalue weighted by Crippen LogP contribution is 2.19. The van der Waals surface area contributed by atoms with E-state index in [2.05, 4.69) is 10.4 Å². The van der Waals surface area contributed by atoms with Crippen molar-refractivity contribution in [1.82, 2.24) is 9.78 Å². The Morgan fingerprint density at radius 3 is 2.65 bits per heavy atom. The van der Waals surface area contributed by atoms with Crippen molar-refractivity contribution in [1.29, 1.82) is 0 Å². The first-order valence-electron chi connectivity index (χ1n) is 5.94. The minimum absolute atomic E-state index is 0.407. The van der Waals surface area contributed by atoms with Gasteiger partial charge in [0.15, 0.2) is 0 Å². The van der Waals surface area contributed by atoms with E-state index in [4.69, 9.17) is 5.73 Å². The number of benzene rings is 1. The molecule has 20 heavy (non-hydrogen) atoms. The predicted octanol–water partition coefficient (Wildman–Crippen LogP) is 1.59. The van der Waals surface area contributed by atoms with E-state index in [1.807, 2.05) is 0 Å². The maximum absolute atomic E-state index is 12.2. The molecule has 0 saturated heterocycles. The Kier molecular flexibility index (Phi) is 3.69. The van der Waals surface area contributed by atoms with E-state index in [0.29, 0.717) is 17.2 Å². The molecule has 2 aromatic rings. The number of hydrogen-bond acceptors (Lipinski definition) is 4. The lowest BCUT2D eigenvalue weighted by Crippen LogP contribution is -2.39. The minimum Gasteiger partial charge on any atom is -0.399 e. The van der Waals surface area contributed by atoms with Gasteiger partial charge in [-0.05, 0) is 18.2 Å². The largest absolute Gasteiger partial charge is 0.399 e. The first-order chi connectivity index (χ1) is 9.49. The van der Waals surface area contributed by atoms with Gasteiger partial charge in [-0.2, -0.15) is 5.10 Å². The van der Waals surface area contributed by atoms with Gasteiger partial charge in [-0.15, -0.1) is 0 Å². The molecular weight excluding hydrogens is 258 g/mol. The molecule has 0 saturated carbocycles. The fourth-order valence-electron chi connectivity index (χ4n) is 1.77. The fraction of sp³-hybridized carbons (Fsp3) is 0.154. The van der Waals surface area contributed by atoms with E-state index in [1.54, 1.807) is 43.6 Å². The predicted molar refractivity (Wildman–Crippen MR) is 76.2 cm³/mol. The van der Waals surface area contributed by atoms with E-state index in [0.717, 1.165) is 4.90 Å². The molecule has 1 aromatic carbocycles. The van der Waals surface area contributed by atoms with Crippen molar-refractivity contribution in [2.75, 3.05) is 16.0 Å². The molecule has 1 aromatic heterocycles. The highest BCUT2D eigenvalue weighted by molar-refractivity contribution is 6.17. The van der Waals surface area contributed by atoms with Crippen LogP contribution in [0.1, 0.15) is 6.92 Å². The quantitative estimate of drug-likeness (QED) is 0.812. The van der Waals surface area contributed by atoms with Crippen molar-refractivity contribution in [2.24, 2.45) is 7.05 Å². The number of nitrogens with zero attached hydrogens (tertiary/aromatic N) is 3. The van der Waals surface area contributed by atoms with Crippen molar-refractivity contribution in [3.05, 3.63) is 36.5 Å². The van der Waals surface area contributed by atoms with Crippen LogP contribution in [0.2, 0.25) is 0 Å². The lowest BCUT2D eigenvalue weighted by molar-refractivity contribution is -0.115. The monoisotopic (exact) mass is 273 g/mol. The van der Waals surface area contributed by atoms with Crippen molar-refractivity contribution in [2.45, 2.75) is 6.92 Å². The van der Waals surface area contributed by atoms with Crippen molar-refractivity contribution in [3.8, 4) is 0 Å². The van der Waals surface area contributed by atoms with Crippen LogP contribution in [-0.4, -0.2) is 21.7 Å². The number of aromatic nitrogens is 2. The summed E-state index contributed by atoms with van der Waals surface area (Å²) in [6.45, 7) is 1.31. The lowest BCUT2D eigenvalue weighted by Gasteiger charge is -2.20. The van der Waals surface area contributed by atoms with Gasteiger partial charge in [-0.25, -0.2) is 9.69 Å². The molecule has 0 atom stereocenters. The van der Waals surface area contributed by atoms with Crippen LogP contribution in [0.3, 0.4) is 0 Å². The van der Waals surface area contributed by atoms with Crippen LogP contribution >= 0.6 is 0 Å². The number of carbonyl (C=O) groups excluding carboxylic acids is 2. The summed E-state index contributed by atoms with van der Waals surface area (Å²) in [6, 6.07) is 7.63. The molecule has 104 valence electrons. The van der Waals surface area contributed by atoms with Crippen LogP contribution in [0, 0.1) is 0 Å². The van der Waals surface area contributed by atoms with Gasteiger partial charge in [0, 0.05) is 25.7 Å². The SMILES string of the molecule is CC(=O)N(C(=O)Nc1ccnn1C)c1cccc(N)c1. The first-order valence-corrected chi connectivity index (χ1v) is 5.94. The number of aryl methyl sites for hydroxylation is 1. The maximum atomic E-state index is 12.2. The van der Waals surface area contributed by atoms with Gasteiger partial charge in [0.2, 0.25) is 5.91 Å². The summed E-state index contributed by atoms with van der Waals surface area (Å²) in [7, 11) is 1.69. The summed E-state index contributed by atoms with van der Waals surface area (Å²) in [4.78, 5) is 25.0. The van der Waals surface area contributed by atoms with Gasteiger partial charge in [0.1, 0.15) is 5.82 Å². The summed E-state index contributed by atoms with van der Waals surface area (Å²) in [6.07, 6.45) is 1.55. The summed E-state index contributed by atoms with van der Waals surface area (Å²) in [5.41, 5.74) is 6.56. The average Bonchev–Trinajstić information content (AvgIpc) is 2.74. The van der Waals surface area contributed by atoms with Gasteiger partial charge < -0.3 is 5.73 Å². The van der Waals surface area contributed by atoms with Crippen molar-refractivity contribution in [3.63, 3.8) is 0 Å². The highest BCUT2D eigenvalue weighted by atomic mass is 16.2. The molecule has 0 aliphatic carbocycles. The standard InChI is InChI=1S/C13H15N5O2/c1-9(19)18(11-5-3-4-10(14)8-11)13(20)16-12-6-7-15-17(12)2/h3-8H,14H2,1-2H3,(H,16,20). The Balaban J connectivity index is 2.27. The topological polar surface area (TPSA) is 93.2 Å². The van der Waals surface area contributed by atoms with Crippen LogP contribution in [0.25, 0.3) is 0 Å². The Labute approximate surface area is 116 Å². The minimum atomic E-state index is -0.563. The molecule has 0 spiro atoms. The number of nitrogens with two attached hydrogens (primary N) is 1. The number of nitrogen functional groups attached to an aromatic ring is 1.